The zero-order valence-corrected chi connectivity index (χ0v) is 16.8. The van der Waals surface area contributed by atoms with Crippen molar-refractivity contribution in [1.82, 2.24) is 9.71 Å². The predicted octanol–water partition coefficient (Wildman–Crippen LogP) is 4.86. The van der Waals surface area contributed by atoms with E-state index >= 15 is 0 Å². The van der Waals surface area contributed by atoms with Gasteiger partial charge in [-0.25, -0.2) is 18.1 Å². The predicted molar refractivity (Wildman–Crippen MR) is 110 cm³/mol. The molecule has 4 aromatic rings. The van der Waals surface area contributed by atoms with Crippen LogP contribution < -0.4 is 4.72 Å². The third-order valence-corrected chi connectivity index (χ3v) is 6.91. The quantitative estimate of drug-likeness (QED) is 0.493. The van der Waals surface area contributed by atoms with Crippen molar-refractivity contribution in [2.75, 3.05) is 0 Å². The number of nitrogens with zero attached hydrogens (tertiary/aromatic N) is 1. The number of benzene rings is 2. The second-order valence-corrected chi connectivity index (χ2v) is 9.07. The number of aryl methyl sites for hydroxylation is 1. The van der Waals surface area contributed by atoms with Crippen molar-refractivity contribution in [3.63, 3.8) is 0 Å². The van der Waals surface area contributed by atoms with Crippen LogP contribution in [0.4, 0.5) is 0 Å². The Morgan fingerprint density at radius 2 is 1.68 bits per heavy atom. The van der Waals surface area contributed by atoms with Crippen molar-refractivity contribution >= 4 is 21.4 Å². The first-order chi connectivity index (χ1) is 13.5. The fourth-order valence-corrected chi connectivity index (χ4v) is 4.86. The lowest BCUT2D eigenvalue weighted by Gasteiger charge is -2.07. The number of furan rings is 1. The first-order valence-electron chi connectivity index (χ1n) is 8.68. The van der Waals surface area contributed by atoms with Crippen LogP contribution in [0.5, 0.6) is 0 Å². The molecule has 0 saturated heterocycles. The SMILES string of the molecule is Cc1nc(-c2ccco2)sc1CNS(=O)(=O)c1ccc(-c2ccccc2)cc1. The van der Waals surface area contributed by atoms with Gasteiger partial charge in [0.25, 0.3) is 0 Å². The van der Waals surface area contributed by atoms with Gasteiger partial charge >= 0.3 is 0 Å². The molecule has 0 saturated carbocycles. The van der Waals surface area contributed by atoms with Crippen LogP contribution in [-0.4, -0.2) is 13.4 Å². The summed E-state index contributed by atoms with van der Waals surface area (Å²) in [6.07, 6.45) is 1.59. The highest BCUT2D eigenvalue weighted by atomic mass is 32.2. The lowest BCUT2D eigenvalue weighted by Crippen LogP contribution is -2.23. The van der Waals surface area contributed by atoms with Gasteiger partial charge in [-0.2, -0.15) is 0 Å². The molecule has 0 aliphatic heterocycles. The maximum Gasteiger partial charge on any atom is 0.240 e. The topological polar surface area (TPSA) is 72.2 Å². The van der Waals surface area contributed by atoms with Crippen molar-refractivity contribution in [1.29, 1.82) is 0 Å². The molecule has 142 valence electrons. The highest BCUT2D eigenvalue weighted by molar-refractivity contribution is 7.89. The summed E-state index contributed by atoms with van der Waals surface area (Å²) in [7, 11) is -3.61. The molecule has 0 bridgehead atoms. The molecule has 4 rings (SSSR count). The van der Waals surface area contributed by atoms with E-state index in [-0.39, 0.29) is 11.4 Å². The van der Waals surface area contributed by atoms with Crippen molar-refractivity contribution in [3.8, 4) is 21.9 Å². The van der Waals surface area contributed by atoms with Crippen LogP contribution in [0.15, 0.2) is 82.3 Å². The van der Waals surface area contributed by atoms with Crippen LogP contribution in [0.1, 0.15) is 10.6 Å². The molecule has 0 fully saturated rings. The summed E-state index contributed by atoms with van der Waals surface area (Å²) in [6.45, 7) is 2.05. The molecular weight excluding hydrogens is 392 g/mol. The number of aromatic nitrogens is 1. The average Bonchev–Trinajstić information content (AvgIpc) is 3.37. The van der Waals surface area contributed by atoms with E-state index in [4.69, 9.17) is 4.42 Å². The molecule has 0 aliphatic carbocycles. The van der Waals surface area contributed by atoms with Gasteiger partial charge in [-0.3, -0.25) is 0 Å². The molecule has 0 spiro atoms. The summed E-state index contributed by atoms with van der Waals surface area (Å²) in [5.41, 5.74) is 2.81. The molecule has 28 heavy (non-hydrogen) atoms. The molecule has 7 heteroatoms. The Morgan fingerprint density at radius 3 is 2.36 bits per heavy atom. The molecule has 1 N–H and O–H groups in total. The van der Waals surface area contributed by atoms with Gasteiger partial charge in [0, 0.05) is 11.4 Å². The largest absolute Gasteiger partial charge is 0.462 e. The summed E-state index contributed by atoms with van der Waals surface area (Å²) in [4.78, 5) is 5.56. The van der Waals surface area contributed by atoms with Gasteiger partial charge in [-0.15, -0.1) is 11.3 Å². The average molecular weight is 411 g/mol. The highest BCUT2D eigenvalue weighted by Gasteiger charge is 2.17. The highest BCUT2D eigenvalue weighted by Crippen LogP contribution is 2.28. The number of rotatable bonds is 6. The first kappa shape index (κ1) is 18.6. The number of thiazole rings is 1. The van der Waals surface area contributed by atoms with Crippen LogP contribution in [-0.2, 0) is 16.6 Å². The van der Waals surface area contributed by atoms with Gasteiger partial charge < -0.3 is 4.42 Å². The van der Waals surface area contributed by atoms with Crippen molar-refractivity contribution in [2.45, 2.75) is 18.4 Å². The van der Waals surface area contributed by atoms with Crippen LogP contribution >= 0.6 is 11.3 Å². The summed E-state index contributed by atoms with van der Waals surface area (Å²) < 4.78 is 33.3. The Hall–Kier alpha value is -2.74. The summed E-state index contributed by atoms with van der Waals surface area (Å²) >= 11 is 1.42. The lowest BCUT2D eigenvalue weighted by atomic mass is 10.1. The first-order valence-corrected chi connectivity index (χ1v) is 11.0. The molecule has 2 aromatic heterocycles. The van der Waals surface area contributed by atoms with Crippen LogP contribution in [0.2, 0.25) is 0 Å². The van der Waals surface area contributed by atoms with Crippen molar-refractivity contribution < 1.29 is 12.8 Å². The summed E-state index contributed by atoms with van der Waals surface area (Å²) in [6, 6.07) is 20.4. The fourth-order valence-electron chi connectivity index (χ4n) is 2.80. The van der Waals surface area contributed by atoms with E-state index in [1.165, 1.54) is 11.3 Å². The molecule has 0 unspecified atom stereocenters. The monoisotopic (exact) mass is 410 g/mol. The van der Waals surface area contributed by atoms with E-state index in [0.717, 1.165) is 26.7 Å². The number of hydrogen-bond donors (Lipinski definition) is 1. The van der Waals surface area contributed by atoms with E-state index in [2.05, 4.69) is 9.71 Å². The van der Waals surface area contributed by atoms with Crippen LogP contribution in [0.3, 0.4) is 0 Å². The molecule has 2 heterocycles. The number of sulfonamides is 1. The normalized spacial score (nSPS) is 11.6. The van der Waals surface area contributed by atoms with E-state index in [9.17, 15) is 8.42 Å². The van der Waals surface area contributed by atoms with E-state index in [1.807, 2.05) is 55.5 Å². The minimum absolute atomic E-state index is 0.187. The zero-order chi connectivity index (χ0) is 19.6. The number of nitrogens with one attached hydrogen (secondary N) is 1. The third kappa shape index (κ3) is 3.91. The molecule has 2 aromatic carbocycles. The minimum atomic E-state index is -3.61. The summed E-state index contributed by atoms with van der Waals surface area (Å²) in [5, 5.41) is 0.740. The zero-order valence-electron chi connectivity index (χ0n) is 15.1. The maximum atomic E-state index is 12.7. The van der Waals surface area contributed by atoms with E-state index in [1.54, 1.807) is 24.5 Å². The molecule has 0 amide bonds. The smallest absolute Gasteiger partial charge is 0.240 e. The maximum absolute atomic E-state index is 12.7. The third-order valence-electron chi connectivity index (χ3n) is 4.32. The number of hydrogen-bond acceptors (Lipinski definition) is 5. The lowest BCUT2D eigenvalue weighted by molar-refractivity contribution is 0.580. The standard InChI is InChI=1S/C21H18N2O3S2/c1-15-20(27-21(23-15)19-8-5-13-26-19)14-22-28(24,25)18-11-9-17(10-12-18)16-6-3-2-4-7-16/h2-13,22H,14H2,1H3. The van der Waals surface area contributed by atoms with Gasteiger partial charge in [0.05, 0.1) is 16.9 Å². The molecule has 0 atom stereocenters. The van der Waals surface area contributed by atoms with Crippen molar-refractivity contribution in [2.24, 2.45) is 0 Å². The molecule has 0 aliphatic rings. The van der Waals surface area contributed by atoms with Gasteiger partial charge in [0.2, 0.25) is 10.0 Å². The fraction of sp³-hybridized carbons (Fsp3) is 0.0952. The molecular formula is C21H18N2O3S2. The van der Waals surface area contributed by atoms with Gasteiger partial charge in [-0.1, -0.05) is 42.5 Å². The van der Waals surface area contributed by atoms with Gasteiger partial charge in [-0.05, 0) is 42.3 Å². The van der Waals surface area contributed by atoms with Gasteiger partial charge in [0.15, 0.2) is 10.8 Å². The second-order valence-electron chi connectivity index (χ2n) is 6.22. The van der Waals surface area contributed by atoms with Crippen LogP contribution in [0, 0.1) is 6.92 Å². The Kier molecular flexibility index (Phi) is 5.13. The van der Waals surface area contributed by atoms with Crippen LogP contribution in [0.25, 0.3) is 21.9 Å². The Balaban J connectivity index is 1.49. The van der Waals surface area contributed by atoms with Gasteiger partial charge in [0.1, 0.15) is 0 Å². The van der Waals surface area contributed by atoms with E-state index < -0.39 is 10.0 Å². The molecule has 5 nitrogen and oxygen atoms in total. The van der Waals surface area contributed by atoms with E-state index in [0.29, 0.717) is 5.76 Å². The Morgan fingerprint density at radius 1 is 0.964 bits per heavy atom. The summed E-state index contributed by atoms with van der Waals surface area (Å²) in [5.74, 6) is 0.679. The Bertz CT molecular complexity index is 1160. The Labute approximate surface area is 167 Å². The molecule has 0 radical (unpaired) electrons. The second kappa shape index (κ2) is 7.71. The van der Waals surface area contributed by atoms with Crippen molar-refractivity contribution in [3.05, 3.63) is 83.6 Å². The minimum Gasteiger partial charge on any atom is -0.462 e.